The lowest BCUT2D eigenvalue weighted by Gasteiger charge is -2.21. The van der Waals surface area contributed by atoms with Gasteiger partial charge < -0.3 is 20.6 Å². The third-order valence-corrected chi connectivity index (χ3v) is 10.0. The number of carbonyl (C=O) groups excluding carboxylic acids is 1. The Bertz CT molecular complexity index is 724. The van der Waals surface area contributed by atoms with E-state index in [0.717, 1.165) is 38.5 Å². The summed E-state index contributed by atoms with van der Waals surface area (Å²) in [4.78, 5) is 12.4. The van der Waals surface area contributed by atoms with Crippen LogP contribution >= 0.6 is 0 Å². The number of aliphatic hydroxyl groups excluding tert-OH is 3. The first-order valence-corrected chi connectivity index (χ1v) is 21.7. The monoisotopic (exact) mass is 692 g/mol. The summed E-state index contributed by atoms with van der Waals surface area (Å²) in [6, 6.07) is -0.809. The maximum atomic E-state index is 12.4. The molecule has 5 heteroatoms. The Morgan fingerprint density at radius 1 is 0.490 bits per heavy atom. The van der Waals surface area contributed by atoms with E-state index in [1.54, 1.807) is 6.08 Å². The molecule has 49 heavy (non-hydrogen) atoms. The molecule has 0 bridgehead atoms. The zero-order valence-corrected chi connectivity index (χ0v) is 32.8. The summed E-state index contributed by atoms with van der Waals surface area (Å²) in [6.45, 7) is 4.16. The van der Waals surface area contributed by atoms with Crippen LogP contribution in [0, 0.1) is 0 Å². The molecule has 0 saturated heterocycles. The van der Waals surface area contributed by atoms with Crippen molar-refractivity contribution in [3.05, 3.63) is 24.3 Å². The van der Waals surface area contributed by atoms with E-state index in [1.807, 2.05) is 6.08 Å². The van der Waals surface area contributed by atoms with E-state index in [9.17, 15) is 20.1 Å². The van der Waals surface area contributed by atoms with Gasteiger partial charge in [0, 0.05) is 0 Å². The minimum atomic E-state index is -1.10. The van der Waals surface area contributed by atoms with E-state index >= 15 is 0 Å². The van der Waals surface area contributed by atoms with Crippen LogP contribution in [-0.2, 0) is 4.79 Å². The predicted octanol–water partition coefficient (Wildman–Crippen LogP) is 12.2. The number of unbranched alkanes of at least 4 members (excludes halogenated alkanes) is 29. The van der Waals surface area contributed by atoms with Crippen molar-refractivity contribution in [2.45, 2.75) is 244 Å². The Kier molecular flexibility index (Phi) is 38.7. The van der Waals surface area contributed by atoms with Crippen molar-refractivity contribution in [1.29, 1.82) is 0 Å². The molecule has 1 amide bonds. The molecule has 0 aromatic heterocycles. The molecule has 0 unspecified atom stereocenters. The van der Waals surface area contributed by atoms with Crippen LogP contribution in [-0.4, -0.2) is 46.1 Å². The zero-order valence-electron chi connectivity index (χ0n) is 32.8. The molecule has 0 aliphatic rings. The molecule has 0 fully saturated rings. The van der Waals surface area contributed by atoms with Crippen LogP contribution in [0.3, 0.4) is 0 Å². The largest absolute Gasteiger partial charge is 0.394 e. The van der Waals surface area contributed by atoms with Gasteiger partial charge in [0.2, 0.25) is 5.91 Å². The van der Waals surface area contributed by atoms with Crippen molar-refractivity contribution in [1.82, 2.24) is 5.32 Å². The van der Waals surface area contributed by atoms with Crippen LogP contribution in [0.25, 0.3) is 0 Å². The highest BCUT2D eigenvalue weighted by Crippen LogP contribution is 2.16. The number of rotatable bonds is 39. The minimum Gasteiger partial charge on any atom is -0.394 e. The predicted molar refractivity (Wildman–Crippen MR) is 213 cm³/mol. The molecule has 0 radical (unpaired) electrons. The second kappa shape index (κ2) is 39.6. The van der Waals surface area contributed by atoms with Crippen LogP contribution < -0.4 is 5.32 Å². The number of amides is 1. The van der Waals surface area contributed by atoms with Crippen molar-refractivity contribution in [2.75, 3.05) is 6.61 Å². The van der Waals surface area contributed by atoms with Crippen LogP contribution in [0.15, 0.2) is 24.3 Å². The van der Waals surface area contributed by atoms with Gasteiger partial charge >= 0.3 is 0 Å². The van der Waals surface area contributed by atoms with Gasteiger partial charge in [-0.2, -0.15) is 0 Å². The molecule has 5 nitrogen and oxygen atoms in total. The molecule has 0 aromatic rings. The van der Waals surface area contributed by atoms with Gasteiger partial charge in [0.05, 0.1) is 18.8 Å². The van der Waals surface area contributed by atoms with Crippen LogP contribution in [0.2, 0.25) is 0 Å². The summed E-state index contributed by atoms with van der Waals surface area (Å²) in [5, 5.41) is 33.0. The van der Waals surface area contributed by atoms with Gasteiger partial charge in [-0.15, -0.1) is 0 Å². The number of hydrogen-bond acceptors (Lipinski definition) is 4. The van der Waals surface area contributed by atoms with Gasteiger partial charge in [0.15, 0.2) is 0 Å². The highest BCUT2D eigenvalue weighted by molar-refractivity contribution is 5.80. The Morgan fingerprint density at radius 2 is 0.837 bits per heavy atom. The van der Waals surface area contributed by atoms with Crippen molar-refractivity contribution in [2.24, 2.45) is 0 Å². The second-order valence-electron chi connectivity index (χ2n) is 14.9. The molecule has 0 saturated carbocycles. The van der Waals surface area contributed by atoms with Gasteiger partial charge in [-0.3, -0.25) is 4.79 Å². The topological polar surface area (TPSA) is 89.8 Å². The second-order valence-corrected chi connectivity index (χ2v) is 14.9. The summed E-state index contributed by atoms with van der Waals surface area (Å²) in [7, 11) is 0. The van der Waals surface area contributed by atoms with Crippen molar-refractivity contribution < 1.29 is 20.1 Å². The number of carbonyl (C=O) groups is 1. The molecule has 0 heterocycles. The summed E-state index contributed by atoms with van der Waals surface area (Å²) >= 11 is 0. The number of aliphatic hydroxyl groups is 3. The molecule has 3 atom stereocenters. The number of nitrogens with one attached hydrogen (secondary N) is 1. The summed E-state index contributed by atoms with van der Waals surface area (Å²) in [5.41, 5.74) is 0. The molecule has 0 aromatic carbocycles. The molecule has 0 spiro atoms. The highest BCUT2D eigenvalue weighted by atomic mass is 16.3. The Balaban J connectivity index is 3.64. The quantitative estimate of drug-likeness (QED) is 0.0381. The fourth-order valence-corrected chi connectivity index (χ4v) is 6.61. The lowest BCUT2D eigenvalue weighted by atomic mass is 10.0. The Morgan fingerprint density at radius 3 is 1.24 bits per heavy atom. The smallest absolute Gasteiger partial charge is 0.249 e. The lowest BCUT2D eigenvalue weighted by molar-refractivity contribution is -0.131. The van der Waals surface area contributed by atoms with Crippen molar-refractivity contribution in [3.63, 3.8) is 0 Å². The third kappa shape index (κ3) is 35.0. The van der Waals surface area contributed by atoms with Gasteiger partial charge in [-0.1, -0.05) is 218 Å². The molecule has 0 aliphatic carbocycles. The minimum absolute atomic E-state index is 0.373. The van der Waals surface area contributed by atoms with E-state index in [1.165, 1.54) is 167 Å². The molecule has 4 N–H and O–H groups in total. The maximum absolute atomic E-state index is 12.4. The summed E-state index contributed by atoms with van der Waals surface area (Å²) in [6.07, 6.45) is 47.8. The van der Waals surface area contributed by atoms with Gasteiger partial charge in [0.1, 0.15) is 6.10 Å². The van der Waals surface area contributed by atoms with Crippen LogP contribution in [0.5, 0.6) is 0 Å². The maximum Gasteiger partial charge on any atom is 0.249 e. The van der Waals surface area contributed by atoms with Gasteiger partial charge in [-0.25, -0.2) is 0 Å². The van der Waals surface area contributed by atoms with E-state index < -0.39 is 24.2 Å². The van der Waals surface area contributed by atoms with E-state index in [0.29, 0.717) is 6.42 Å². The summed E-state index contributed by atoms with van der Waals surface area (Å²) < 4.78 is 0. The average molecular weight is 692 g/mol. The van der Waals surface area contributed by atoms with Gasteiger partial charge in [0.25, 0.3) is 0 Å². The molecular formula is C44H85NO4. The van der Waals surface area contributed by atoms with Crippen LogP contribution in [0.1, 0.15) is 226 Å². The first-order chi connectivity index (χ1) is 24.1. The molecular weight excluding hydrogens is 606 g/mol. The Labute approximate surface area is 305 Å². The lowest BCUT2D eigenvalue weighted by Crippen LogP contribution is -2.48. The van der Waals surface area contributed by atoms with Crippen LogP contribution in [0.4, 0.5) is 0 Å². The summed E-state index contributed by atoms with van der Waals surface area (Å²) in [5.74, 6) is -0.511. The van der Waals surface area contributed by atoms with E-state index in [-0.39, 0.29) is 6.61 Å². The van der Waals surface area contributed by atoms with E-state index in [2.05, 4.69) is 31.3 Å². The first kappa shape index (κ1) is 47.8. The standard InChI is InChI=1S/C44H85NO4/c1-3-5-7-9-11-13-15-17-18-19-20-21-22-23-24-25-27-29-31-33-35-37-39-43(48)44(49)45-41(40-46)42(47)38-36-34-32-30-28-26-16-14-12-10-8-6-4-2/h28,30,36,38,41-43,46-48H,3-27,29,31-35,37,39-40H2,1-2H3,(H,45,49)/b30-28+,38-36+/t41-,42+,43-/m0/s1. The zero-order chi connectivity index (χ0) is 35.9. The fourth-order valence-electron chi connectivity index (χ4n) is 6.61. The molecule has 290 valence electrons. The first-order valence-electron chi connectivity index (χ1n) is 21.7. The van der Waals surface area contributed by atoms with E-state index in [4.69, 9.17) is 0 Å². The number of hydrogen-bond donors (Lipinski definition) is 4. The molecule has 0 rings (SSSR count). The number of allylic oxidation sites excluding steroid dienone is 3. The third-order valence-electron chi connectivity index (χ3n) is 10.0. The molecule has 0 aliphatic heterocycles. The average Bonchev–Trinajstić information content (AvgIpc) is 3.11. The van der Waals surface area contributed by atoms with Gasteiger partial charge in [-0.05, 0) is 32.1 Å². The highest BCUT2D eigenvalue weighted by Gasteiger charge is 2.22. The van der Waals surface area contributed by atoms with Crippen molar-refractivity contribution in [3.8, 4) is 0 Å². The van der Waals surface area contributed by atoms with Crippen molar-refractivity contribution >= 4 is 5.91 Å². The SMILES string of the molecule is CCCCCCCCC/C=C/CC/C=C/[C@@H](O)[C@H](CO)NC(=O)[C@@H](O)CCCCCCCCCCCCCCCCCCCCCCCC. The fraction of sp³-hybridized carbons (Fsp3) is 0.886. The Hall–Kier alpha value is -1.17. The normalized spacial score (nSPS) is 13.8.